The fourth-order valence-electron chi connectivity index (χ4n) is 2.70. The summed E-state index contributed by atoms with van der Waals surface area (Å²) in [6.45, 7) is 1.32. The van der Waals surface area contributed by atoms with Gasteiger partial charge in [-0.2, -0.15) is 0 Å². The van der Waals surface area contributed by atoms with Crippen LogP contribution in [0.25, 0.3) is 0 Å². The number of amides is 1. The first-order valence-electron chi connectivity index (χ1n) is 7.36. The third kappa shape index (κ3) is 4.06. The highest BCUT2D eigenvalue weighted by atomic mass is 35.5. The number of halogens is 1. The third-order valence-corrected chi connectivity index (χ3v) is 4.22. The Kier molecular flexibility index (Phi) is 5.94. The summed E-state index contributed by atoms with van der Waals surface area (Å²) in [5.74, 6) is -0.0481. The summed E-state index contributed by atoms with van der Waals surface area (Å²) >= 11 is 5.83. The van der Waals surface area contributed by atoms with Crippen LogP contribution >= 0.6 is 11.6 Å². The summed E-state index contributed by atoms with van der Waals surface area (Å²) in [6, 6.07) is 6.30. The number of ketones is 1. The van der Waals surface area contributed by atoms with Crippen LogP contribution in [0.1, 0.15) is 23.2 Å². The maximum atomic E-state index is 12.4. The average molecular weight is 325 g/mol. The molecule has 0 spiro atoms. The summed E-state index contributed by atoms with van der Waals surface area (Å²) in [4.78, 5) is 26.2. The number of Topliss-reactive ketones (excluding diaryl/α,β-unsaturated/α-hetero) is 1. The number of nitrogens with two attached hydrogens (primary N) is 1. The Labute approximate surface area is 135 Å². The molecule has 1 amide bonds. The van der Waals surface area contributed by atoms with Gasteiger partial charge in [0.1, 0.15) is 6.04 Å². The molecule has 1 fully saturated rings. The number of methoxy groups -OCH3 is 1. The van der Waals surface area contributed by atoms with E-state index in [4.69, 9.17) is 22.1 Å². The Hall–Kier alpha value is -1.43. The van der Waals surface area contributed by atoms with E-state index in [9.17, 15) is 9.59 Å². The van der Waals surface area contributed by atoms with Crippen LogP contribution in [0, 0.1) is 5.92 Å². The molecule has 1 aromatic carbocycles. The number of likely N-dealkylation sites (tertiary alicyclic amines) is 1. The molecule has 0 radical (unpaired) electrons. The summed E-state index contributed by atoms with van der Waals surface area (Å²) < 4.78 is 4.90. The molecule has 1 saturated heterocycles. The number of nitrogens with zero attached hydrogens (tertiary/aromatic N) is 1. The van der Waals surface area contributed by atoms with Gasteiger partial charge in [-0.3, -0.25) is 9.59 Å². The molecule has 1 unspecified atom stereocenters. The van der Waals surface area contributed by atoms with Crippen molar-refractivity contribution in [2.75, 3.05) is 26.8 Å². The molecule has 0 aromatic heterocycles. The minimum Gasteiger partial charge on any atom is -0.383 e. The van der Waals surface area contributed by atoms with Crippen molar-refractivity contribution in [2.24, 2.45) is 11.7 Å². The Morgan fingerprint density at radius 1 is 1.32 bits per heavy atom. The number of hydrogen-bond acceptors (Lipinski definition) is 4. The van der Waals surface area contributed by atoms with Crippen molar-refractivity contribution >= 4 is 23.3 Å². The van der Waals surface area contributed by atoms with Crippen LogP contribution in [-0.4, -0.2) is 49.4 Å². The number of ether oxygens (including phenoxy) is 1. The molecule has 2 N–H and O–H groups in total. The van der Waals surface area contributed by atoms with Gasteiger partial charge in [0.2, 0.25) is 5.91 Å². The number of carbonyl (C=O) groups excluding carboxylic acids is 2. The van der Waals surface area contributed by atoms with Crippen molar-refractivity contribution < 1.29 is 14.3 Å². The molecule has 1 atom stereocenters. The number of rotatable bonds is 5. The number of hydrogen-bond donors (Lipinski definition) is 1. The monoisotopic (exact) mass is 324 g/mol. The van der Waals surface area contributed by atoms with Crippen LogP contribution in [-0.2, 0) is 9.53 Å². The Morgan fingerprint density at radius 3 is 2.45 bits per heavy atom. The molecular weight excluding hydrogens is 304 g/mol. The number of carbonyl (C=O) groups is 2. The maximum absolute atomic E-state index is 12.4. The fourth-order valence-corrected chi connectivity index (χ4v) is 2.82. The van der Waals surface area contributed by atoms with Gasteiger partial charge in [-0.1, -0.05) is 11.6 Å². The molecule has 120 valence electrons. The van der Waals surface area contributed by atoms with Crippen LogP contribution in [0.2, 0.25) is 5.02 Å². The van der Waals surface area contributed by atoms with Crippen LogP contribution < -0.4 is 5.73 Å². The zero-order chi connectivity index (χ0) is 16.1. The highest BCUT2D eigenvalue weighted by Gasteiger charge is 2.29. The van der Waals surface area contributed by atoms with Crippen LogP contribution in [0.5, 0.6) is 0 Å². The predicted octanol–water partition coefficient (Wildman–Crippen LogP) is 1.74. The van der Waals surface area contributed by atoms with Gasteiger partial charge in [-0.15, -0.1) is 0 Å². The summed E-state index contributed by atoms with van der Waals surface area (Å²) in [7, 11) is 1.52. The van der Waals surface area contributed by atoms with Crippen molar-refractivity contribution in [3.63, 3.8) is 0 Å². The molecule has 2 rings (SSSR count). The number of benzene rings is 1. The summed E-state index contributed by atoms with van der Waals surface area (Å²) in [5.41, 5.74) is 6.43. The highest BCUT2D eigenvalue weighted by Crippen LogP contribution is 2.23. The normalized spacial score (nSPS) is 17.3. The van der Waals surface area contributed by atoms with Crippen LogP contribution in [0.15, 0.2) is 24.3 Å². The lowest BCUT2D eigenvalue weighted by molar-refractivity contribution is -0.135. The van der Waals surface area contributed by atoms with Crippen molar-refractivity contribution in [2.45, 2.75) is 18.9 Å². The molecule has 0 aliphatic carbocycles. The van der Waals surface area contributed by atoms with Crippen molar-refractivity contribution in [3.05, 3.63) is 34.9 Å². The van der Waals surface area contributed by atoms with E-state index in [2.05, 4.69) is 0 Å². The largest absolute Gasteiger partial charge is 0.383 e. The molecule has 5 nitrogen and oxygen atoms in total. The Morgan fingerprint density at radius 2 is 1.91 bits per heavy atom. The van der Waals surface area contributed by atoms with Gasteiger partial charge in [0, 0.05) is 36.7 Å². The molecule has 0 saturated carbocycles. The van der Waals surface area contributed by atoms with E-state index in [1.807, 2.05) is 0 Å². The van der Waals surface area contributed by atoms with Crippen LogP contribution in [0.3, 0.4) is 0 Å². The molecule has 22 heavy (non-hydrogen) atoms. The van der Waals surface area contributed by atoms with E-state index in [1.165, 1.54) is 7.11 Å². The third-order valence-electron chi connectivity index (χ3n) is 3.97. The average Bonchev–Trinajstić information content (AvgIpc) is 2.54. The fraction of sp³-hybridized carbons (Fsp3) is 0.500. The van der Waals surface area contributed by atoms with E-state index in [0.717, 1.165) is 0 Å². The van der Waals surface area contributed by atoms with Crippen LogP contribution in [0.4, 0.5) is 0 Å². The van der Waals surface area contributed by atoms with Gasteiger partial charge < -0.3 is 15.4 Å². The first-order valence-corrected chi connectivity index (χ1v) is 7.73. The zero-order valence-electron chi connectivity index (χ0n) is 12.6. The molecule has 1 aliphatic heterocycles. The summed E-state index contributed by atoms with van der Waals surface area (Å²) in [5, 5.41) is 0.615. The second kappa shape index (κ2) is 7.72. The SMILES string of the molecule is COCC(N)C(=O)N1CCC(C(=O)c2ccc(Cl)cc2)CC1. The highest BCUT2D eigenvalue weighted by molar-refractivity contribution is 6.30. The number of piperidine rings is 1. The molecule has 1 aliphatic rings. The lowest BCUT2D eigenvalue weighted by Gasteiger charge is -2.32. The standard InChI is InChI=1S/C16H21ClN2O3/c1-22-10-14(18)16(21)19-8-6-12(7-9-19)15(20)11-2-4-13(17)5-3-11/h2-5,12,14H,6-10,18H2,1H3. The van der Waals surface area contributed by atoms with Gasteiger partial charge in [0.25, 0.3) is 0 Å². The maximum Gasteiger partial charge on any atom is 0.241 e. The molecular formula is C16H21ClN2O3. The molecule has 1 aromatic rings. The van der Waals surface area contributed by atoms with Gasteiger partial charge in [-0.25, -0.2) is 0 Å². The van der Waals surface area contributed by atoms with Gasteiger partial charge in [0.15, 0.2) is 5.78 Å². The second-order valence-corrected chi connectivity index (χ2v) is 5.97. The Bertz CT molecular complexity index is 525. The first-order chi connectivity index (χ1) is 10.5. The van der Waals surface area contributed by atoms with Crippen molar-refractivity contribution in [3.8, 4) is 0 Å². The zero-order valence-corrected chi connectivity index (χ0v) is 13.4. The van der Waals surface area contributed by atoms with E-state index in [1.54, 1.807) is 29.2 Å². The van der Waals surface area contributed by atoms with E-state index in [0.29, 0.717) is 36.5 Å². The van der Waals surface area contributed by atoms with E-state index < -0.39 is 6.04 Å². The summed E-state index contributed by atoms with van der Waals surface area (Å²) in [6.07, 6.45) is 1.32. The molecule has 6 heteroatoms. The smallest absolute Gasteiger partial charge is 0.241 e. The lowest BCUT2D eigenvalue weighted by atomic mass is 9.88. The minimum atomic E-state index is -0.631. The minimum absolute atomic E-state index is 0.0520. The lowest BCUT2D eigenvalue weighted by Crippen LogP contribution is -2.49. The van der Waals surface area contributed by atoms with E-state index in [-0.39, 0.29) is 24.2 Å². The van der Waals surface area contributed by atoms with E-state index >= 15 is 0 Å². The topological polar surface area (TPSA) is 72.6 Å². The molecule has 0 bridgehead atoms. The predicted molar refractivity (Wildman–Crippen MR) is 84.9 cm³/mol. The van der Waals surface area contributed by atoms with Gasteiger partial charge in [0.05, 0.1) is 6.61 Å². The Balaban J connectivity index is 1.90. The second-order valence-electron chi connectivity index (χ2n) is 5.53. The van der Waals surface area contributed by atoms with Crippen molar-refractivity contribution in [1.82, 2.24) is 4.90 Å². The quantitative estimate of drug-likeness (QED) is 0.837. The van der Waals surface area contributed by atoms with Gasteiger partial charge in [-0.05, 0) is 37.1 Å². The van der Waals surface area contributed by atoms with Crippen molar-refractivity contribution in [1.29, 1.82) is 0 Å². The first kappa shape index (κ1) is 16.9. The van der Waals surface area contributed by atoms with Gasteiger partial charge >= 0.3 is 0 Å². The molecule has 1 heterocycles.